The third-order valence-corrected chi connectivity index (χ3v) is 7.27. The minimum atomic E-state index is 0.180. The molecule has 2 N–H and O–H groups in total. The van der Waals surface area contributed by atoms with Crippen LogP contribution in [0.2, 0.25) is 0 Å². The molecule has 3 aliphatic heterocycles. The second-order valence-corrected chi connectivity index (χ2v) is 9.10. The number of piperidine rings is 3. The zero-order valence-corrected chi connectivity index (χ0v) is 17.0. The molecule has 3 fully saturated rings. The molecule has 3 aliphatic rings. The second kappa shape index (κ2) is 7.92. The highest BCUT2D eigenvalue weighted by molar-refractivity contribution is 5.94. The third kappa shape index (κ3) is 3.60. The zero-order valence-electron chi connectivity index (χ0n) is 17.0. The Bertz CT molecular complexity index is 867. The molecule has 4 nitrogen and oxygen atoms in total. The maximum atomic E-state index is 13.2. The zero-order chi connectivity index (χ0) is 19.8. The van der Waals surface area contributed by atoms with Gasteiger partial charge in [-0.3, -0.25) is 9.69 Å². The van der Waals surface area contributed by atoms with Crippen LogP contribution in [0, 0.1) is 11.8 Å². The van der Waals surface area contributed by atoms with Crippen LogP contribution in [0.4, 0.5) is 0 Å². The van der Waals surface area contributed by atoms with Crippen molar-refractivity contribution < 1.29 is 4.79 Å². The van der Waals surface area contributed by atoms with Crippen molar-refractivity contribution in [1.29, 1.82) is 0 Å². The SMILES string of the molecule is NCc1cccc(C(=O)N2C[C@@H]3C[C@H](C2)[C@@H]2CCC[C@H](c4ccccc4)N2C3)c1. The molecule has 0 aromatic heterocycles. The Labute approximate surface area is 173 Å². The van der Waals surface area contributed by atoms with Crippen LogP contribution in [0.1, 0.15) is 53.2 Å². The van der Waals surface area contributed by atoms with E-state index in [0.717, 1.165) is 30.8 Å². The summed E-state index contributed by atoms with van der Waals surface area (Å²) in [7, 11) is 0. The Morgan fingerprint density at radius 2 is 1.86 bits per heavy atom. The molecule has 0 aliphatic carbocycles. The predicted octanol–water partition coefficient (Wildman–Crippen LogP) is 3.83. The Morgan fingerprint density at radius 1 is 1.00 bits per heavy atom. The molecule has 29 heavy (non-hydrogen) atoms. The van der Waals surface area contributed by atoms with Crippen LogP contribution in [-0.2, 0) is 6.54 Å². The van der Waals surface area contributed by atoms with Gasteiger partial charge < -0.3 is 10.6 Å². The van der Waals surface area contributed by atoms with Crippen LogP contribution in [0.25, 0.3) is 0 Å². The molecule has 0 spiro atoms. The molecule has 1 amide bonds. The van der Waals surface area contributed by atoms with Crippen LogP contribution in [0.15, 0.2) is 54.6 Å². The molecule has 2 aromatic carbocycles. The molecule has 0 radical (unpaired) electrons. The normalized spacial score (nSPS) is 29.3. The maximum Gasteiger partial charge on any atom is 0.253 e. The van der Waals surface area contributed by atoms with Crippen molar-refractivity contribution in [3.63, 3.8) is 0 Å². The van der Waals surface area contributed by atoms with Gasteiger partial charge in [0.15, 0.2) is 0 Å². The maximum absolute atomic E-state index is 13.2. The van der Waals surface area contributed by atoms with E-state index in [0.29, 0.717) is 30.5 Å². The van der Waals surface area contributed by atoms with E-state index < -0.39 is 0 Å². The van der Waals surface area contributed by atoms with Crippen LogP contribution < -0.4 is 5.73 Å². The Morgan fingerprint density at radius 3 is 2.69 bits per heavy atom. The van der Waals surface area contributed by atoms with E-state index in [1.54, 1.807) is 0 Å². The largest absolute Gasteiger partial charge is 0.338 e. The van der Waals surface area contributed by atoms with E-state index in [4.69, 9.17) is 5.73 Å². The van der Waals surface area contributed by atoms with Crippen molar-refractivity contribution in [2.75, 3.05) is 19.6 Å². The van der Waals surface area contributed by atoms with Gasteiger partial charge >= 0.3 is 0 Å². The number of carbonyl (C=O) groups excluding carboxylic acids is 1. The number of nitrogens with zero attached hydrogens (tertiary/aromatic N) is 2. The Balaban J connectivity index is 1.35. The molecular weight excluding hydrogens is 358 g/mol. The summed E-state index contributed by atoms with van der Waals surface area (Å²) in [6.07, 6.45) is 5.09. The fourth-order valence-electron chi connectivity index (χ4n) is 6.02. The van der Waals surface area contributed by atoms with E-state index in [1.165, 1.54) is 31.2 Å². The number of carbonyl (C=O) groups is 1. The summed E-state index contributed by atoms with van der Waals surface area (Å²) >= 11 is 0. The van der Waals surface area contributed by atoms with Crippen molar-refractivity contribution in [1.82, 2.24) is 9.80 Å². The van der Waals surface area contributed by atoms with Gasteiger partial charge in [0.25, 0.3) is 5.91 Å². The summed E-state index contributed by atoms with van der Waals surface area (Å²) in [5, 5.41) is 0. The molecule has 2 bridgehead atoms. The highest BCUT2D eigenvalue weighted by atomic mass is 16.2. The first-order valence-electron chi connectivity index (χ1n) is 11.1. The van der Waals surface area contributed by atoms with Crippen molar-refractivity contribution in [2.24, 2.45) is 17.6 Å². The number of rotatable bonds is 3. The number of fused-ring (bicyclic) bond motifs is 4. The first-order valence-corrected chi connectivity index (χ1v) is 11.1. The number of amides is 1. The van der Waals surface area contributed by atoms with Crippen molar-refractivity contribution in [3.05, 3.63) is 71.3 Å². The monoisotopic (exact) mass is 389 g/mol. The van der Waals surface area contributed by atoms with E-state index in [2.05, 4.69) is 40.1 Å². The van der Waals surface area contributed by atoms with Gasteiger partial charge in [-0.05, 0) is 60.8 Å². The molecule has 4 atom stereocenters. The number of likely N-dealkylation sites (tertiary alicyclic amines) is 1. The molecule has 0 unspecified atom stereocenters. The van der Waals surface area contributed by atoms with Crippen molar-refractivity contribution in [2.45, 2.75) is 44.3 Å². The van der Waals surface area contributed by atoms with Crippen LogP contribution in [0.3, 0.4) is 0 Å². The lowest BCUT2D eigenvalue weighted by Crippen LogP contribution is -2.60. The quantitative estimate of drug-likeness (QED) is 0.868. The number of nitrogens with two attached hydrogens (primary N) is 1. The lowest BCUT2D eigenvalue weighted by atomic mass is 9.74. The van der Waals surface area contributed by atoms with E-state index in [9.17, 15) is 4.79 Å². The standard InChI is InChI=1S/C25H31N3O/c26-14-18-6-4-9-21(12-18)25(29)27-15-19-13-22(17-27)24-11-5-10-23(28(24)16-19)20-7-2-1-3-8-20/h1-4,6-9,12,19,22-24H,5,10-11,13-17,26H2/t19-,22+,23+,24-/m0/s1. The molecular formula is C25H31N3O. The summed E-state index contributed by atoms with van der Waals surface area (Å²) in [5.41, 5.74) is 9.05. The topological polar surface area (TPSA) is 49.6 Å². The van der Waals surface area contributed by atoms with E-state index in [-0.39, 0.29) is 5.91 Å². The van der Waals surface area contributed by atoms with Crippen LogP contribution in [0.5, 0.6) is 0 Å². The van der Waals surface area contributed by atoms with Gasteiger partial charge in [-0.1, -0.05) is 42.5 Å². The summed E-state index contributed by atoms with van der Waals surface area (Å²) in [6, 6.07) is 20.0. The fraction of sp³-hybridized carbons (Fsp3) is 0.480. The molecule has 3 heterocycles. The lowest BCUT2D eigenvalue weighted by molar-refractivity contribution is -0.0511. The molecule has 0 saturated carbocycles. The van der Waals surface area contributed by atoms with Gasteiger partial charge in [0.1, 0.15) is 0 Å². The molecule has 2 aromatic rings. The highest BCUT2D eigenvalue weighted by Gasteiger charge is 2.45. The predicted molar refractivity (Wildman–Crippen MR) is 115 cm³/mol. The second-order valence-electron chi connectivity index (χ2n) is 9.10. The summed E-state index contributed by atoms with van der Waals surface area (Å²) in [6.45, 7) is 3.37. The minimum Gasteiger partial charge on any atom is -0.338 e. The van der Waals surface area contributed by atoms with Crippen molar-refractivity contribution in [3.8, 4) is 0 Å². The average molecular weight is 390 g/mol. The van der Waals surface area contributed by atoms with Gasteiger partial charge in [-0.2, -0.15) is 0 Å². The lowest BCUT2D eigenvalue weighted by Gasteiger charge is -2.55. The number of hydrogen-bond donors (Lipinski definition) is 1. The van der Waals surface area contributed by atoms with Gasteiger partial charge in [-0.25, -0.2) is 0 Å². The van der Waals surface area contributed by atoms with Crippen LogP contribution in [-0.4, -0.2) is 41.4 Å². The van der Waals surface area contributed by atoms with Gasteiger partial charge in [0, 0.05) is 43.8 Å². The molecule has 5 rings (SSSR count). The van der Waals surface area contributed by atoms with Gasteiger partial charge in [0.05, 0.1) is 0 Å². The summed E-state index contributed by atoms with van der Waals surface area (Å²) in [5.74, 6) is 1.35. The third-order valence-electron chi connectivity index (χ3n) is 7.27. The van der Waals surface area contributed by atoms with E-state index >= 15 is 0 Å². The summed E-state index contributed by atoms with van der Waals surface area (Å²) in [4.78, 5) is 18.1. The summed E-state index contributed by atoms with van der Waals surface area (Å²) < 4.78 is 0. The first-order chi connectivity index (χ1) is 14.2. The minimum absolute atomic E-state index is 0.180. The first kappa shape index (κ1) is 18.8. The molecule has 3 saturated heterocycles. The van der Waals surface area contributed by atoms with Crippen molar-refractivity contribution >= 4 is 5.91 Å². The number of benzene rings is 2. The van der Waals surface area contributed by atoms with Gasteiger partial charge in [-0.15, -0.1) is 0 Å². The Kier molecular flexibility index (Phi) is 5.15. The Hall–Kier alpha value is -2.17. The molecule has 152 valence electrons. The average Bonchev–Trinajstić information content (AvgIpc) is 2.78. The fourth-order valence-corrected chi connectivity index (χ4v) is 6.02. The van der Waals surface area contributed by atoms with Crippen LogP contribution >= 0.6 is 0 Å². The van der Waals surface area contributed by atoms with E-state index in [1.807, 2.05) is 24.3 Å². The van der Waals surface area contributed by atoms with Gasteiger partial charge in [0.2, 0.25) is 0 Å². The number of hydrogen-bond acceptors (Lipinski definition) is 3. The highest BCUT2D eigenvalue weighted by Crippen LogP contribution is 2.44. The molecule has 4 heteroatoms. The smallest absolute Gasteiger partial charge is 0.253 e.